The Labute approximate surface area is 97.6 Å². The minimum absolute atomic E-state index is 0. The van der Waals surface area contributed by atoms with E-state index in [4.69, 9.17) is 4.74 Å². The third kappa shape index (κ3) is 2.86. The van der Waals surface area contributed by atoms with Crippen molar-refractivity contribution in [3.8, 4) is 5.75 Å². The van der Waals surface area contributed by atoms with Crippen molar-refractivity contribution in [3.63, 3.8) is 0 Å². The maximum absolute atomic E-state index is 5.49. The average molecular weight is 228 g/mol. The smallest absolute Gasteiger partial charge is 0.119 e. The van der Waals surface area contributed by atoms with E-state index in [1.165, 1.54) is 11.1 Å². The van der Waals surface area contributed by atoms with E-state index in [-0.39, 0.29) is 12.4 Å². The van der Waals surface area contributed by atoms with Gasteiger partial charge >= 0.3 is 0 Å². The van der Waals surface area contributed by atoms with Crippen LogP contribution in [0.25, 0.3) is 0 Å². The second-order valence-corrected chi connectivity index (χ2v) is 3.85. The molecule has 1 heterocycles. The van der Waals surface area contributed by atoms with Crippen LogP contribution in [0.3, 0.4) is 0 Å². The SMILES string of the molecule is CCOc1ccc2c(c1)CCN(C)C2.Cl. The van der Waals surface area contributed by atoms with Gasteiger partial charge in [0.25, 0.3) is 0 Å². The van der Waals surface area contributed by atoms with E-state index in [1.54, 1.807) is 0 Å². The highest BCUT2D eigenvalue weighted by atomic mass is 35.5. The molecule has 1 aromatic rings. The van der Waals surface area contributed by atoms with Crippen LogP contribution in [0.2, 0.25) is 0 Å². The molecule has 0 saturated heterocycles. The van der Waals surface area contributed by atoms with Gasteiger partial charge in [0.05, 0.1) is 6.61 Å². The fourth-order valence-electron chi connectivity index (χ4n) is 1.93. The van der Waals surface area contributed by atoms with Crippen molar-refractivity contribution in [2.75, 3.05) is 20.2 Å². The molecule has 0 aliphatic carbocycles. The van der Waals surface area contributed by atoms with Crippen molar-refractivity contribution >= 4 is 12.4 Å². The summed E-state index contributed by atoms with van der Waals surface area (Å²) in [7, 11) is 2.17. The number of benzene rings is 1. The average Bonchev–Trinajstić information content (AvgIpc) is 2.19. The summed E-state index contributed by atoms with van der Waals surface area (Å²) in [5.74, 6) is 1.01. The van der Waals surface area contributed by atoms with E-state index in [0.717, 1.165) is 31.9 Å². The summed E-state index contributed by atoms with van der Waals surface area (Å²) < 4.78 is 5.49. The van der Waals surface area contributed by atoms with Crippen LogP contribution in [0.15, 0.2) is 18.2 Å². The number of rotatable bonds is 2. The fraction of sp³-hybridized carbons (Fsp3) is 0.500. The van der Waals surface area contributed by atoms with Gasteiger partial charge in [-0.05, 0) is 43.7 Å². The number of hydrogen-bond donors (Lipinski definition) is 0. The van der Waals surface area contributed by atoms with Gasteiger partial charge in [-0.2, -0.15) is 0 Å². The largest absolute Gasteiger partial charge is 0.494 e. The van der Waals surface area contributed by atoms with Crippen molar-refractivity contribution in [2.45, 2.75) is 19.9 Å². The Bertz CT molecular complexity index is 327. The molecular weight excluding hydrogens is 210 g/mol. The highest BCUT2D eigenvalue weighted by Gasteiger charge is 2.13. The van der Waals surface area contributed by atoms with Gasteiger partial charge in [-0.15, -0.1) is 12.4 Å². The topological polar surface area (TPSA) is 12.5 Å². The Hall–Kier alpha value is -0.730. The molecule has 84 valence electrons. The first kappa shape index (κ1) is 12.3. The fourth-order valence-corrected chi connectivity index (χ4v) is 1.93. The first-order chi connectivity index (χ1) is 6.79. The highest BCUT2D eigenvalue weighted by molar-refractivity contribution is 5.85. The molecule has 0 spiro atoms. The lowest BCUT2D eigenvalue weighted by Crippen LogP contribution is -2.26. The molecule has 1 aromatic carbocycles. The van der Waals surface area contributed by atoms with Crippen LogP contribution in [-0.4, -0.2) is 25.1 Å². The summed E-state index contributed by atoms with van der Waals surface area (Å²) in [5, 5.41) is 0. The van der Waals surface area contributed by atoms with Crippen LogP contribution in [-0.2, 0) is 13.0 Å². The van der Waals surface area contributed by atoms with Gasteiger partial charge in [0.2, 0.25) is 0 Å². The summed E-state index contributed by atoms with van der Waals surface area (Å²) in [4.78, 5) is 2.35. The van der Waals surface area contributed by atoms with Crippen LogP contribution in [0, 0.1) is 0 Å². The molecule has 0 radical (unpaired) electrons. The molecule has 0 unspecified atom stereocenters. The molecule has 0 aromatic heterocycles. The Balaban J connectivity index is 0.00000112. The molecule has 2 nitrogen and oxygen atoms in total. The van der Waals surface area contributed by atoms with E-state index in [2.05, 4.69) is 30.1 Å². The zero-order valence-corrected chi connectivity index (χ0v) is 10.1. The van der Waals surface area contributed by atoms with Gasteiger partial charge in [-0.1, -0.05) is 6.07 Å². The van der Waals surface area contributed by atoms with Crippen LogP contribution in [0.5, 0.6) is 5.75 Å². The molecule has 2 rings (SSSR count). The summed E-state index contributed by atoms with van der Waals surface area (Å²) in [6, 6.07) is 6.45. The molecule has 0 saturated carbocycles. The van der Waals surface area contributed by atoms with Gasteiger partial charge in [0.15, 0.2) is 0 Å². The minimum Gasteiger partial charge on any atom is -0.494 e. The third-order valence-electron chi connectivity index (χ3n) is 2.69. The van der Waals surface area contributed by atoms with E-state index in [0.29, 0.717) is 0 Å². The lowest BCUT2D eigenvalue weighted by molar-refractivity contribution is 0.309. The maximum Gasteiger partial charge on any atom is 0.119 e. The molecule has 0 fully saturated rings. The monoisotopic (exact) mass is 227 g/mol. The number of nitrogens with zero attached hydrogens (tertiary/aromatic N) is 1. The molecular formula is C12H18ClNO. The lowest BCUT2D eigenvalue weighted by atomic mass is 10.00. The van der Waals surface area contributed by atoms with Crippen molar-refractivity contribution in [3.05, 3.63) is 29.3 Å². The number of likely N-dealkylation sites (N-methyl/N-ethyl adjacent to an activating group) is 1. The predicted octanol–water partition coefficient (Wildman–Crippen LogP) is 2.50. The van der Waals surface area contributed by atoms with E-state index in [9.17, 15) is 0 Å². The maximum atomic E-state index is 5.49. The van der Waals surface area contributed by atoms with Gasteiger partial charge < -0.3 is 9.64 Å². The number of halogens is 1. The van der Waals surface area contributed by atoms with E-state index < -0.39 is 0 Å². The lowest BCUT2D eigenvalue weighted by Gasteiger charge is -2.25. The highest BCUT2D eigenvalue weighted by Crippen LogP contribution is 2.22. The minimum atomic E-state index is 0. The summed E-state index contributed by atoms with van der Waals surface area (Å²) in [6.07, 6.45) is 1.15. The van der Waals surface area contributed by atoms with Crippen molar-refractivity contribution in [1.82, 2.24) is 4.90 Å². The molecule has 0 atom stereocenters. The van der Waals surface area contributed by atoms with Crippen LogP contribution in [0.1, 0.15) is 18.1 Å². The molecule has 1 aliphatic heterocycles. The van der Waals surface area contributed by atoms with Crippen LogP contribution >= 0.6 is 12.4 Å². The second kappa shape index (κ2) is 5.38. The predicted molar refractivity (Wildman–Crippen MR) is 64.9 cm³/mol. The summed E-state index contributed by atoms with van der Waals surface area (Å²) >= 11 is 0. The van der Waals surface area contributed by atoms with Gasteiger partial charge in [-0.3, -0.25) is 0 Å². The van der Waals surface area contributed by atoms with Gasteiger partial charge in [-0.25, -0.2) is 0 Å². The van der Waals surface area contributed by atoms with Gasteiger partial charge in [0.1, 0.15) is 5.75 Å². The third-order valence-corrected chi connectivity index (χ3v) is 2.69. The first-order valence-electron chi connectivity index (χ1n) is 5.22. The molecule has 0 N–H and O–H groups in total. The number of hydrogen-bond acceptors (Lipinski definition) is 2. The molecule has 15 heavy (non-hydrogen) atoms. The number of ether oxygens (including phenoxy) is 1. The van der Waals surface area contributed by atoms with Crippen LogP contribution in [0.4, 0.5) is 0 Å². The Morgan fingerprint density at radius 3 is 2.87 bits per heavy atom. The van der Waals surface area contributed by atoms with Crippen molar-refractivity contribution in [1.29, 1.82) is 0 Å². The Morgan fingerprint density at radius 2 is 2.13 bits per heavy atom. The van der Waals surface area contributed by atoms with Crippen molar-refractivity contribution in [2.24, 2.45) is 0 Å². The zero-order chi connectivity index (χ0) is 9.97. The van der Waals surface area contributed by atoms with Crippen LogP contribution < -0.4 is 4.74 Å². The first-order valence-corrected chi connectivity index (χ1v) is 5.22. The van der Waals surface area contributed by atoms with Gasteiger partial charge in [0, 0.05) is 13.1 Å². The van der Waals surface area contributed by atoms with E-state index in [1.807, 2.05) is 6.92 Å². The zero-order valence-electron chi connectivity index (χ0n) is 9.32. The molecule has 0 bridgehead atoms. The second-order valence-electron chi connectivity index (χ2n) is 3.85. The Kier molecular flexibility index (Phi) is 4.43. The standard InChI is InChI=1S/C12H17NO.ClH/c1-3-14-12-5-4-11-9-13(2)7-6-10(11)8-12;/h4-5,8H,3,6-7,9H2,1-2H3;1H. The Morgan fingerprint density at radius 1 is 1.33 bits per heavy atom. The van der Waals surface area contributed by atoms with Crippen molar-refractivity contribution < 1.29 is 4.74 Å². The molecule has 3 heteroatoms. The molecule has 1 aliphatic rings. The van der Waals surface area contributed by atoms with E-state index >= 15 is 0 Å². The summed E-state index contributed by atoms with van der Waals surface area (Å²) in [5.41, 5.74) is 2.90. The normalized spacial score (nSPS) is 15.3. The molecule has 0 amide bonds. The quantitative estimate of drug-likeness (QED) is 0.770. The summed E-state index contributed by atoms with van der Waals surface area (Å²) in [6.45, 7) is 5.00. The number of fused-ring (bicyclic) bond motifs is 1.